The fourth-order valence-corrected chi connectivity index (χ4v) is 4.39. The lowest BCUT2D eigenvalue weighted by atomic mass is 9.81. The molecule has 0 bridgehead atoms. The van der Waals surface area contributed by atoms with E-state index < -0.39 is 5.63 Å². The van der Waals surface area contributed by atoms with E-state index in [9.17, 15) is 14.4 Å². The van der Waals surface area contributed by atoms with Crippen LogP contribution in [0.1, 0.15) is 31.7 Å². The van der Waals surface area contributed by atoms with Crippen LogP contribution < -0.4 is 10.9 Å². The van der Waals surface area contributed by atoms with Gasteiger partial charge in [-0.15, -0.1) is 0 Å². The first kappa shape index (κ1) is 18.7. The highest BCUT2D eigenvalue weighted by Gasteiger charge is 2.41. The number of hydrogen-bond donors (Lipinski definition) is 1. The summed E-state index contributed by atoms with van der Waals surface area (Å²) in [5, 5.41) is 3.78. The minimum atomic E-state index is -0.406. The Hall–Kier alpha value is -2.67. The van der Waals surface area contributed by atoms with Crippen LogP contribution in [0, 0.1) is 12.8 Å². The highest BCUT2D eigenvalue weighted by atomic mass is 16.5. The molecule has 1 aromatic heterocycles. The van der Waals surface area contributed by atoms with Gasteiger partial charge in [-0.1, -0.05) is 0 Å². The van der Waals surface area contributed by atoms with Crippen molar-refractivity contribution in [3.63, 3.8) is 0 Å². The van der Waals surface area contributed by atoms with Gasteiger partial charge in [0.05, 0.1) is 12.1 Å². The minimum absolute atomic E-state index is 0.0274. The van der Waals surface area contributed by atoms with E-state index in [4.69, 9.17) is 9.15 Å². The molecule has 148 valence electrons. The van der Waals surface area contributed by atoms with Crippen molar-refractivity contribution in [3.05, 3.63) is 40.2 Å². The summed E-state index contributed by atoms with van der Waals surface area (Å²) in [6.45, 7) is 4.58. The number of rotatable bonds is 3. The van der Waals surface area contributed by atoms with Crippen molar-refractivity contribution in [2.75, 3.05) is 18.5 Å². The number of fused-ring (bicyclic) bond motifs is 2. The van der Waals surface area contributed by atoms with E-state index in [0.717, 1.165) is 17.4 Å². The Morgan fingerprint density at radius 1 is 1.25 bits per heavy atom. The molecule has 2 heterocycles. The van der Waals surface area contributed by atoms with Gasteiger partial charge in [-0.05, 0) is 50.8 Å². The number of carbonyl (C=O) groups excluding carboxylic acids is 2. The average molecular weight is 384 g/mol. The lowest BCUT2D eigenvalue weighted by Gasteiger charge is -2.44. The number of benzene rings is 1. The summed E-state index contributed by atoms with van der Waals surface area (Å²) in [6, 6.07) is 6.85. The molecule has 0 spiro atoms. The lowest BCUT2D eigenvalue weighted by molar-refractivity contribution is -0.162. The van der Waals surface area contributed by atoms with E-state index in [1.54, 1.807) is 6.07 Å². The third-order valence-electron chi connectivity index (χ3n) is 5.83. The molecule has 7 heteroatoms. The molecule has 1 aromatic carbocycles. The fraction of sp³-hybridized carbons (Fsp3) is 0.476. The zero-order valence-electron chi connectivity index (χ0n) is 16.1. The van der Waals surface area contributed by atoms with Gasteiger partial charge in [-0.25, -0.2) is 4.79 Å². The van der Waals surface area contributed by atoms with Gasteiger partial charge in [-0.2, -0.15) is 0 Å². The van der Waals surface area contributed by atoms with Gasteiger partial charge in [0.15, 0.2) is 0 Å². The minimum Gasteiger partial charge on any atom is -0.423 e. The quantitative estimate of drug-likeness (QED) is 0.821. The van der Waals surface area contributed by atoms with Gasteiger partial charge in [0.1, 0.15) is 12.2 Å². The number of nitrogens with one attached hydrogen (secondary N) is 1. The van der Waals surface area contributed by atoms with Gasteiger partial charge in [-0.3, -0.25) is 9.59 Å². The third-order valence-corrected chi connectivity index (χ3v) is 5.83. The second kappa shape index (κ2) is 7.39. The predicted octanol–water partition coefficient (Wildman–Crippen LogP) is 2.46. The summed E-state index contributed by atoms with van der Waals surface area (Å²) in [6.07, 6.45) is 1.97. The van der Waals surface area contributed by atoms with Crippen molar-refractivity contribution in [1.82, 2.24) is 4.90 Å². The van der Waals surface area contributed by atoms with Crippen molar-refractivity contribution in [3.8, 4) is 0 Å². The summed E-state index contributed by atoms with van der Waals surface area (Å²) in [7, 11) is 0. The molecule has 2 amide bonds. The molecule has 4 rings (SSSR count). The number of morpholine rings is 1. The largest absolute Gasteiger partial charge is 0.423 e. The molecule has 1 N–H and O–H groups in total. The molecule has 1 aliphatic heterocycles. The second-order valence-electron chi connectivity index (χ2n) is 7.56. The monoisotopic (exact) mass is 384 g/mol. The van der Waals surface area contributed by atoms with E-state index in [0.29, 0.717) is 30.7 Å². The maximum Gasteiger partial charge on any atom is 0.336 e. The normalized spacial score (nSPS) is 24.9. The Labute approximate surface area is 162 Å². The molecule has 0 unspecified atom stereocenters. The van der Waals surface area contributed by atoms with Crippen molar-refractivity contribution in [2.24, 2.45) is 5.92 Å². The number of carbonyl (C=O) groups is 2. The SMILES string of the molecule is CCN1C(=O)CO[C@H]2C[C@@H](C(=O)Nc3ccc4c(C)cc(=O)oc4c3)CC[C@@H]21. The molecule has 2 aromatic rings. The van der Waals surface area contributed by atoms with Gasteiger partial charge >= 0.3 is 5.63 Å². The molecule has 1 aliphatic carbocycles. The number of nitrogens with zero attached hydrogens (tertiary/aromatic N) is 1. The number of ether oxygens (including phenoxy) is 1. The lowest BCUT2D eigenvalue weighted by Crippen LogP contribution is -2.57. The van der Waals surface area contributed by atoms with Gasteiger partial charge in [0.2, 0.25) is 11.8 Å². The zero-order valence-corrected chi connectivity index (χ0v) is 16.1. The summed E-state index contributed by atoms with van der Waals surface area (Å²) in [4.78, 5) is 38.2. The molecule has 2 fully saturated rings. The predicted molar refractivity (Wildman–Crippen MR) is 104 cm³/mol. The molecule has 7 nitrogen and oxygen atoms in total. The Morgan fingerprint density at radius 3 is 2.86 bits per heavy atom. The van der Waals surface area contributed by atoms with E-state index in [2.05, 4.69) is 5.32 Å². The number of hydrogen-bond acceptors (Lipinski definition) is 5. The highest BCUT2D eigenvalue weighted by Crippen LogP contribution is 2.33. The van der Waals surface area contributed by atoms with Crippen molar-refractivity contribution in [2.45, 2.75) is 45.3 Å². The average Bonchev–Trinajstić information content (AvgIpc) is 2.67. The fourth-order valence-electron chi connectivity index (χ4n) is 4.39. The van der Waals surface area contributed by atoms with E-state index in [1.165, 1.54) is 6.07 Å². The molecule has 3 atom stereocenters. The number of likely N-dealkylation sites (N-methyl/N-ethyl adjacent to an activating group) is 1. The Kier molecular flexibility index (Phi) is 4.93. The highest BCUT2D eigenvalue weighted by molar-refractivity contribution is 5.95. The zero-order chi connectivity index (χ0) is 19.8. The van der Waals surface area contributed by atoms with Crippen molar-refractivity contribution >= 4 is 28.5 Å². The van der Waals surface area contributed by atoms with Crippen LogP contribution in [0.5, 0.6) is 0 Å². The number of amides is 2. The topological polar surface area (TPSA) is 88.9 Å². The standard InChI is InChI=1S/C21H24N2O5/c1-3-23-16-7-4-13(9-18(16)27-11-19(23)24)21(26)22-14-5-6-15-12(2)8-20(25)28-17(15)10-14/h5-6,8,10,13,16,18H,3-4,7,9,11H2,1-2H3,(H,22,26)/t13-,16-,18-/m0/s1. The Balaban J connectivity index is 1.47. The molecular weight excluding hydrogens is 360 g/mol. The maximum absolute atomic E-state index is 12.8. The van der Waals surface area contributed by atoms with Crippen LogP contribution in [0.4, 0.5) is 5.69 Å². The van der Waals surface area contributed by atoms with Crippen LogP contribution in [0.25, 0.3) is 11.0 Å². The summed E-state index contributed by atoms with van der Waals surface area (Å²) < 4.78 is 11.0. The Bertz CT molecular complexity index is 982. The molecule has 1 saturated heterocycles. The summed E-state index contributed by atoms with van der Waals surface area (Å²) >= 11 is 0. The number of anilines is 1. The first-order valence-electron chi connectivity index (χ1n) is 9.72. The summed E-state index contributed by atoms with van der Waals surface area (Å²) in [5.74, 6) is -0.218. The number of aryl methyl sites for hydroxylation is 1. The van der Waals surface area contributed by atoms with Crippen LogP contribution in [0.3, 0.4) is 0 Å². The van der Waals surface area contributed by atoms with E-state index in [1.807, 2.05) is 30.9 Å². The van der Waals surface area contributed by atoms with Gasteiger partial charge in [0.25, 0.3) is 0 Å². The maximum atomic E-state index is 12.8. The van der Waals surface area contributed by atoms with Crippen LogP contribution in [-0.2, 0) is 14.3 Å². The molecule has 1 saturated carbocycles. The van der Waals surface area contributed by atoms with Gasteiger partial charge in [0, 0.05) is 35.7 Å². The van der Waals surface area contributed by atoms with Crippen LogP contribution in [0.2, 0.25) is 0 Å². The van der Waals surface area contributed by atoms with Crippen molar-refractivity contribution < 1.29 is 18.7 Å². The summed E-state index contributed by atoms with van der Waals surface area (Å²) in [5.41, 5.74) is 1.49. The first-order chi connectivity index (χ1) is 13.5. The van der Waals surface area contributed by atoms with E-state index in [-0.39, 0.29) is 36.5 Å². The third kappa shape index (κ3) is 3.42. The molecular formula is C21H24N2O5. The van der Waals surface area contributed by atoms with Gasteiger partial charge < -0.3 is 19.4 Å². The first-order valence-corrected chi connectivity index (χ1v) is 9.72. The second-order valence-corrected chi connectivity index (χ2v) is 7.56. The molecule has 2 aliphatic rings. The molecule has 0 radical (unpaired) electrons. The molecule has 28 heavy (non-hydrogen) atoms. The van der Waals surface area contributed by atoms with Crippen LogP contribution >= 0.6 is 0 Å². The van der Waals surface area contributed by atoms with Crippen LogP contribution in [-0.4, -0.2) is 42.0 Å². The Morgan fingerprint density at radius 2 is 2.07 bits per heavy atom. The van der Waals surface area contributed by atoms with E-state index >= 15 is 0 Å². The van der Waals surface area contributed by atoms with Crippen LogP contribution in [0.15, 0.2) is 33.5 Å². The smallest absolute Gasteiger partial charge is 0.336 e. The van der Waals surface area contributed by atoms with Crippen molar-refractivity contribution in [1.29, 1.82) is 0 Å².